The standard InChI is InChI=1S/C7H12N2O2.2ClH/c10-7(11)6-5-3-8-1-4(5)2-9-6;;/h4-6,8-9H,1-3H2,(H,10,11);2*1H. The third-order valence-electron chi connectivity index (χ3n) is 2.69. The topological polar surface area (TPSA) is 61.4 Å². The van der Waals surface area contributed by atoms with Crippen molar-refractivity contribution in [1.29, 1.82) is 0 Å². The van der Waals surface area contributed by atoms with Gasteiger partial charge in [-0.25, -0.2) is 0 Å². The van der Waals surface area contributed by atoms with Crippen molar-refractivity contribution in [3.63, 3.8) is 0 Å². The second-order valence-electron chi connectivity index (χ2n) is 3.31. The SMILES string of the molecule is Cl.Cl.O=C(O)C1NCC2CNCC21. The van der Waals surface area contributed by atoms with Gasteiger partial charge < -0.3 is 15.7 Å². The first-order valence-electron chi connectivity index (χ1n) is 3.96. The molecule has 2 fully saturated rings. The molecule has 0 amide bonds. The van der Waals surface area contributed by atoms with Gasteiger partial charge in [-0.1, -0.05) is 0 Å². The van der Waals surface area contributed by atoms with Crippen LogP contribution in [-0.2, 0) is 4.79 Å². The molecule has 6 heteroatoms. The number of halogens is 2. The third kappa shape index (κ3) is 2.26. The molecule has 13 heavy (non-hydrogen) atoms. The lowest BCUT2D eigenvalue weighted by Crippen LogP contribution is -2.37. The fourth-order valence-electron chi connectivity index (χ4n) is 2.07. The number of carboxylic acid groups (broad SMARTS) is 1. The van der Waals surface area contributed by atoms with Crippen molar-refractivity contribution in [3.05, 3.63) is 0 Å². The third-order valence-corrected chi connectivity index (χ3v) is 2.69. The van der Waals surface area contributed by atoms with Crippen LogP contribution in [0.25, 0.3) is 0 Å². The molecule has 0 bridgehead atoms. The molecular formula is C7H14Cl2N2O2. The maximum atomic E-state index is 10.7. The first kappa shape index (κ1) is 13.0. The average molecular weight is 229 g/mol. The molecule has 2 heterocycles. The van der Waals surface area contributed by atoms with Crippen LogP contribution in [0.5, 0.6) is 0 Å². The summed E-state index contributed by atoms with van der Waals surface area (Å²) in [6.45, 7) is 2.69. The predicted octanol–water partition coefficient (Wildman–Crippen LogP) is -0.278. The molecule has 3 N–H and O–H groups in total. The van der Waals surface area contributed by atoms with Gasteiger partial charge in [0.05, 0.1) is 0 Å². The Morgan fingerprint density at radius 2 is 1.92 bits per heavy atom. The highest BCUT2D eigenvalue weighted by Crippen LogP contribution is 2.25. The zero-order valence-corrected chi connectivity index (χ0v) is 8.66. The molecule has 4 nitrogen and oxygen atoms in total. The Kier molecular flexibility index (Phi) is 4.99. The summed E-state index contributed by atoms with van der Waals surface area (Å²) < 4.78 is 0. The normalized spacial score (nSPS) is 35.8. The molecule has 0 aliphatic carbocycles. The van der Waals surface area contributed by atoms with Crippen LogP contribution in [0.2, 0.25) is 0 Å². The van der Waals surface area contributed by atoms with Gasteiger partial charge >= 0.3 is 5.97 Å². The van der Waals surface area contributed by atoms with E-state index in [9.17, 15) is 4.79 Å². The zero-order valence-electron chi connectivity index (χ0n) is 7.03. The largest absolute Gasteiger partial charge is 0.480 e. The van der Waals surface area contributed by atoms with Gasteiger partial charge in [-0.3, -0.25) is 4.79 Å². The smallest absolute Gasteiger partial charge is 0.321 e. The number of carboxylic acids is 1. The molecule has 2 rings (SSSR count). The van der Waals surface area contributed by atoms with E-state index in [0.717, 1.165) is 19.6 Å². The Hall–Kier alpha value is -0.0300. The second kappa shape index (κ2) is 5.00. The van der Waals surface area contributed by atoms with Crippen LogP contribution in [-0.4, -0.2) is 36.8 Å². The highest BCUT2D eigenvalue weighted by molar-refractivity contribution is 5.85. The van der Waals surface area contributed by atoms with Gasteiger partial charge in [-0.05, 0) is 12.5 Å². The molecule has 2 saturated heterocycles. The van der Waals surface area contributed by atoms with Crippen LogP contribution in [0.1, 0.15) is 0 Å². The molecule has 0 radical (unpaired) electrons. The van der Waals surface area contributed by atoms with Crippen LogP contribution in [0.15, 0.2) is 0 Å². The summed E-state index contributed by atoms with van der Waals surface area (Å²) in [5.41, 5.74) is 0. The van der Waals surface area contributed by atoms with E-state index < -0.39 is 5.97 Å². The molecule has 78 valence electrons. The fourth-order valence-corrected chi connectivity index (χ4v) is 2.07. The summed E-state index contributed by atoms with van der Waals surface area (Å²) in [5, 5.41) is 15.0. The van der Waals surface area contributed by atoms with E-state index in [1.54, 1.807) is 0 Å². The summed E-state index contributed by atoms with van der Waals surface area (Å²) in [5.74, 6) is 0.143. The van der Waals surface area contributed by atoms with Crippen LogP contribution < -0.4 is 10.6 Å². The second-order valence-corrected chi connectivity index (χ2v) is 3.31. The lowest BCUT2D eigenvalue weighted by Gasteiger charge is -2.11. The van der Waals surface area contributed by atoms with Crippen LogP contribution in [0, 0.1) is 11.8 Å². The molecule has 0 aromatic carbocycles. The van der Waals surface area contributed by atoms with E-state index in [4.69, 9.17) is 5.11 Å². The van der Waals surface area contributed by atoms with E-state index in [1.807, 2.05) is 0 Å². The lowest BCUT2D eigenvalue weighted by molar-refractivity contribution is -0.140. The number of hydrogen-bond acceptors (Lipinski definition) is 3. The molecule has 3 atom stereocenters. The molecule has 2 aliphatic rings. The molecule has 3 unspecified atom stereocenters. The van der Waals surface area contributed by atoms with Crippen LogP contribution in [0.4, 0.5) is 0 Å². The van der Waals surface area contributed by atoms with Gasteiger partial charge in [0.1, 0.15) is 6.04 Å². The van der Waals surface area contributed by atoms with Gasteiger partial charge in [-0.2, -0.15) is 0 Å². The van der Waals surface area contributed by atoms with E-state index in [2.05, 4.69) is 10.6 Å². The fraction of sp³-hybridized carbons (Fsp3) is 0.857. The Morgan fingerprint density at radius 1 is 1.23 bits per heavy atom. The highest BCUT2D eigenvalue weighted by atomic mass is 35.5. The molecule has 0 aromatic rings. The Balaban J connectivity index is 0.000000720. The lowest BCUT2D eigenvalue weighted by atomic mass is 9.94. The first-order chi connectivity index (χ1) is 5.29. The van der Waals surface area contributed by atoms with Crippen molar-refractivity contribution in [1.82, 2.24) is 10.6 Å². The number of rotatable bonds is 1. The minimum atomic E-state index is -0.707. The minimum absolute atomic E-state index is 0. The molecular weight excluding hydrogens is 215 g/mol. The van der Waals surface area contributed by atoms with Gasteiger partial charge in [0.2, 0.25) is 0 Å². The minimum Gasteiger partial charge on any atom is -0.480 e. The van der Waals surface area contributed by atoms with Crippen molar-refractivity contribution in [2.45, 2.75) is 6.04 Å². The van der Waals surface area contributed by atoms with Gasteiger partial charge in [0, 0.05) is 19.0 Å². The van der Waals surface area contributed by atoms with E-state index in [0.29, 0.717) is 11.8 Å². The molecule has 0 spiro atoms. The average Bonchev–Trinajstić information content (AvgIpc) is 2.41. The monoisotopic (exact) mass is 228 g/mol. The number of fused-ring (bicyclic) bond motifs is 1. The van der Waals surface area contributed by atoms with E-state index in [-0.39, 0.29) is 30.9 Å². The molecule has 0 saturated carbocycles. The molecule has 2 aliphatic heterocycles. The predicted molar refractivity (Wildman–Crippen MR) is 53.8 cm³/mol. The Labute approximate surface area is 89.3 Å². The summed E-state index contributed by atoms with van der Waals surface area (Å²) in [4.78, 5) is 10.7. The summed E-state index contributed by atoms with van der Waals surface area (Å²) in [6.07, 6.45) is 0. The number of aliphatic carboxylic acids is 1. The summed E-state index contributed by atoms with van der Waals surface area (Å²) in [6, 6.07) is -0.310. The summed E-state index contributed by atoms with van der Waals surface area (Å²) in [7, 11) is 0. The Bertz CT molecular complexity index is 191. The van der Waals surface area contributed by atoms with Crippen molar-refractivity contribution in [3.8, 4) is 0 Å². The number of carbonyl (C=O) groups is 1. The van der Waals surface area contributed by atoms with Crippen molar-refractivity contribution >= 4 is 30.8 Å². The van der Waals surface area contributed by atoms with Gasteiger partial charge in [0.15, 0.2) is 0 Å². The van der Waals surface area contributed by atoms with Crippen LogP contribution >= 0.6 is 24.8 Å². The molecule has 0 aromatic heterocycles. The van der Waals surface area contributed by atoms with Crippen molar-refractivity contribution < 1.29 is 9.90 Å². The highest BCUT2D eigenvalue weighted by Gasteiger charge is 2.42. The van der Waals surface area contributed by atoms with E-state index >= 15 is 0 Å². The van der Waals surface area contributed by atoms with Crippen molar-refractivity contribution in [2.75, 3.05) is 19.6 Å². The zero-order chi connectivity index (χ0) is 7.84. The first-order valence-corrected chi connectivity index (χ1v) is 3.96. The van der Waals surface area contributed by atoms with Gasteiger partial charge in [-0.15, -0.1) is 24.8 Å². The van der Waals surface area contributed by atoms with E-state index in [1.165, 1.54) is 0 Å². The summed E-state index contributed by atoms with van der Waals surface area (Å²) >= 11 is 0. The van der Waals surface area contributed by atoms with Gasteiger partial charge in [0.25, 0.3) is 0 Å². The number of nitrogens with one attached hydrogen (secondary N) is 2. The van der Waals surface area contributed by atoms with Crippen LogP contribution in [0.3, 0.4) is 0 Å². The number of hydrogen-bond donors (Lipinski definition) is 3. The maximum Gasteiger partial charge on any atom is 0.321 e. The Morgan fingerprint density at radius 3 is 2.54 bits per heavy atom. The maximum absolute atomic E-state index is 10.7. The van der Waals surface area contributed by atoms with Crippen molar-refractivity contribution in [2.24, 2.45) is 11.8 Å². The quantitative estimate of drug-likeness (QED) is 0.578.